The summed E-state index contributed by atoms with van der Waals surface area (Å²) in [4.78, 5) is 17.9. The maximum Gasteiger partial charge on any atom is 0.291 e. The van der Waals surface area contributed by atoms with E-state index in [1.54, 1.807) is 29.8 Å². The fraction of sp³-hybridized carbons (Fsp3) is 0.150. The van der Waals surface area contributed by atoms with Crippen LogP contribution in [0.5, 0.6) is 0 Å². The Hall–Kier alpha value is -3.79. The van der Waals surface area contributed by atoms with E-state index >= 15 is 0 Å². The number of aryl methyl sites for hydroxylation is 1. The number of anilines is 1. The Morgan fingerprint density at radius 2 is 2.10 bits per heavy atom. The van der Waals surface area contributed by atoms with Gasteiger partial charge in [-0.3, -0.25) is 9.48 Å². The first-order valence-corrected chi connectivity index (χ1v) is 10.1. The van der Waals surface area contributed by atoms with Gasteiger partial charge < -0.3 is 15.7 Å². The Morgan fingerprint density at radius 3 is 2.87 bits per heavy atom. The highest BCUT2D eigenvalue weighted by molar-refractivity contribution is 7.19. The lowest BCUT2D eigenvalue weighted by molar-refractivity contribution is 0.643. The number of aromatic nitrogens is 6. The standard InChI is InChI=1S/C20H18N8OS/c1-26-17-14(18-19(26)25-16(30-18)11-27-7-3-6-23-27)9-24-28(20(17)29)10-12-4-2-5-15(22)13(12)8-21/h2-9,21H,10-11,22H2,1H3. The third-order valence-electron chi connectivity index (χ3n) is 5.12. The van der Waals surface area contributed by atoms with Crippen molar-refractivity contribution in [2.75, 3.05) is 5.73 Å². The van der Waals surface area contributed by atoms with Crippen LogP contribution in [0.1, 0.15) is 16.1 Å². The topological polar surface area (TPSA) is 120 Å². The molecule has 4 aromatic heterocycles. The molecule has 0 amide bonds. The third-order valence-corrected chi connectivity index (χ3v) is 6.18. The third kappa shape index (κ3) is 2.80. The molecule has 1 aromatic carbocycles. The molecule has 0 spiro atoms. The van der Waals surface area contributed by atoms with Crippen LogP contribution in [-0.4, -0.2) is 35.3 Å². The SMILES string of the molecule is Cn1c2nc(Cn3cccn3)sc2c2cnn(Cc3cccc(N)c3C=N)c(=O)c21. The molecule has 5 rings (SSSR count). The van der Waals surface area contributed by atoms with E-state index in [4.69, 9.17) is 16.1 Å². The number of fused-ring (bicyclic) bond motifs is 3. The fourth-order valence-electron chi connectivity index (χ4n) is 3.65. The summed E-state index contributed by atoms with van der Waals surface area (Å²) in [5, 5.41) is 17.9. The van der Waals surface area contributed by atoms with E-state index in [1.165, 1.54) is 10.9 Å². The minimum absolute atomic E-state index is 0.202. The van der Waals surface area contributed by atoms with Crippen molar-refractivity contribution in [3.63, 3.8) is 0 Å². The summed E-state index contributed by atoms with van der Waals surface area (Å²) in [5.74, 6) is 0. The molecule has 0 radical (unpaired) electrons. The highest BCUT2D eigenvalue weighted by Gasteiger charge is 2.19. The van der Waals surface area contributed by atoms with Crippen LogP contribution in [-0.2, 0) is 20.1 Å². The van der Waals surface area contributed by atoms with E-state index in [2.05, 4.69) is 10.2 Å². The lowest BCUT2D eigenvalue weighted by Crippen LogP contribution is -2.25. The molecule has 0 atom stereocenters. The van der Waals surface area contributed by atoms with Gasteiger partial charge in [-0.15, -0.1) is 11.3 Å². The minimum atomic E-state index is -0.202. The number of nitrogens with one attached hydrogen (secondary N) is 1. The van der Waals surface area contributed by atoms with Crippen molar-refractivity contribution in [3.8, 4) is 0 Å². The number of hydrogen-bond donors (Lipinski definition) is 2. The second kappa shape index (κ2) is 6.92. The fourth-order valence-corrected chi connectivity index (χ4v) is 4.75. The average molecular weight is 418 g/mol. The first kappa shape index (κ1) is 18.3. The van der Waals surface area contributed by atoms with Crippen molar-refractivity contribution in [1.82, 2.24) is 29.1 Å². The molecule has 0 fully saturated rings. The van der Waals surface area contributed by atoms with Gasteiger partial charge in [0.05, 0.1) is 24.0 Å². The second-order valence-corrected chi connectivity index (χ2v) is 8.04. The zero-order valence-corrected chi connectivity index (χ0v) is 16.9. The summed E-state index contributed by atoms with van der Waals surface area (Å²) in [5.41, 5.74) is 8.96. The van der Waals surface area contributed by atoms with Gasteiger partial charge in [0.25, 0.3) is 5.56 Å². The first-order valence-electron chi connectivity index (χ1n) is 9.26. The van der Waals surface area contributed by atoms with E-state index < -0.39 is 0 Å². The maximum atomic E-state index is 13.2. The molecule has 3 N–H and O–H groups in total. The molecule has 0 unspecified atom stereocenters. The lowest BCUT2D eigenvalue weighted by Gasteiger charge is -2.10. The van der Waals surface area contributed by atoms with Crippen LogP contribution in [0, 0.1) is 5.41 Å². The number of nitrogen functional groups attached to an aromatic ring is 1. The normalized spacial score (nSPS) is 11.5. The van der Waals surface area contributed by atoms with Gasteiger partial charge in [0.2, 0.25) is 0 Å². The molecule has 5 aromatic rings. The Labute approximate surface area is 174 Å². The van der Waals surface area contributed by atoms with Gasteiger partial charge in [-0.1, -0.05) is 12.1 Å². The number of rotatable bonds is 5. The molecule has 0 saturated heterocycles. The van der Waals surface area contributed by atoms with E-state index in [9.17, 15) is 4.79 Å². The Morgan fingerprint density at radius 1 is 1.23 bits per heavy atom. The molecule has 4 heterocycles. The summed E-state index contributed by atoms with van der Waals surface area (Å²) >= 11 is 1.55. The largest absolute Gasteiger partial charge is 0.398 e. The van der Waals surface area contributed by atoms with Crippen LogP contribution in [0.2, 0.25) is 0 Å². The van der Waals surface area contributed by atoms with Crippen molar-refractivity contribution in [3.05, 3.63) is 69.3 Å². The molecule has 150 valence electrons. The highest BCUT2D eigenvalue weighted by atomic mass is 32.1. The Kier molecular flexibility index (Phi) is 4.21. The van der Waals surface area contributed by atoms with Crippen molar-refractivity contribution >= 4 is 44.5 Å². The summed E-state index contributed by atoms with van der Waals surface area (Å²) in [6.45, 7) is 0.821. The van der Waals surface area contributed by atoms with Gasteiger partial charge in [0.15, 0.2) is 5.65 Å². The van der Waals surface area contributed by atoms with Gasteiger partial charge in [0.1, 0.15) is 10.5 Å². The molecule has 0 aliphatic heterocycles. The van der Waals surface area contributed by atoms with Crippen LogP contribution in [0.3, 0.4) is 0 Å². The predicted octanol–water partition coefficient (Wildman–Crippen LogP) is 2.22. The van der Waals surface area contributed by atoms with Crippen LogP contribution in [0.25, 0.3) is 21.3 Å². The van der Waals surface area contributed by atoms with Crippen LogP contribution >= 0.6 is 11.3 Å². The summed E-state index contributed by atoms with van der Waals surface area (Å²) in [6, 6.07) is 7.27. The molecule has 9 nitrogen and oxygen atoms in total. The van der Waals surface area contributed by atoms with Crippen molar-refractivity contribution in [2.45, 2.75) is 13.1 Å². The van der Waals surface area contributed by atoms with E-state index in [-0.39, 0.29) is 12.1 Å². The number of nitrogens with two attached hydrogens (primary N) is 1. The highest BCUT2D eigenvalue weighted by Crippen LogP contribution is 2.31. The molecule has 30 heavy (non-hydrogen) atoms. The molecule has 10 heteroatoms. The monoisotopic (exact) mass is 418 g/mol. The van der Waals surface area contributed by atoms with Gasteiger partial charge in [-0.05, 0) is 17.7 Å². The van der Waals surface area contributed by atoms with E-state index in [1.807, 2.05) is 40.7 Å². The Balaban J connectivity index is 1.59. The average Bonchev–Trinajstić information content (AvgIpc) is 3.44. The molecule has 0 bridgehead atoms. The van der Waals surface area contributed by atoms with Gasteiger partial charge >= 0.3 is 0 Å². The van der Waals surface area contributed by atoms with Crippen molar-refractivity contribution in [1.29, 1.82) is 5.41 Å². The smallest absolute Gasteiger partial charge is 0.291 e. The second-order valence-electron chi connectivity index (χ2n) is 6.96. The van der Waals surface area contributed by atoms with Gasteiger partial charge in [0, 0.05) is 42.3 Å². The first-order chi connectivity index (χ1) is 14.6. The van der Waals surface area contributed by atoms with Crippen LogP contribution < -0.4 is 11.3 Å². The van der Waals surface area contributed by atoms with Gasteiger partial charge in [-0.25, -0.2) is 9.67 Å². The molecular weight excluding hydrogens is 400 g/mol. The van der Waals surface area contributed by atoms with Gasteiger partial charge in [-0.2, -0.15) is 10.2 Å². The van der Waals surface area contributed by atoms with E-state index in [0.717, 1.165) is 26.3 Å². The lowest BCUT2D eigenvalue weighted by atomic mass is 10.1. The molecule has 0 aliphatic carbocycles. The van der Waals surface area contributed by atoms with E-state index in [0.29, 0.717) is 23.3 Å². The quantitative estimate of drug-likeness (QED) is 0.335. The summed E-state index contributed by atoms with van der Waals surface area (Å²) in [6.07, 6.45) is 6.55. The molecular formula is C20H18N8OS. The van der Waals surface area contributed by atoms with Crippen molar-refractivity contribution in [2.24, 2.45) is 7.05 Å². The number of benzene rings is 1. The van der Waals surface area contributed by atoms with Crippen LogP contribution in [0.15, 0.2) is 47.7 Å². The number of nitrogens with zero attached hydrogens (tertiary/aromatic N) is 6. The summed E-state index contributed by atoms with van der Waals surface area (Å²) in [7, 11) is 1.84. The molecule has 0 aliphatic rings. The molecule has 0 saturated carbocycles. The Bertz CT molecular complexity index is 1460. The summed E-state index contributed by atoms with van der Waals surface area (Å²) < 4.78 is 5.98. The minimum Gasteiger partial charge on any atom is -0.398 e. The zero-order chi connectivity index (χ0) is 20.8. The maximum absolute atomic E-state index is 13.2. The van der Waals surface area contributed by atoms with Crippen LogP contribution in [0.4, 0.5) is 5.69 Å². The zero-order valence-electron chi connectivity index (χ0n) is 16.1. The number of thiazole rings is 1. The predicted molar refractivity (Wildman–Crippen MR) is 117 cm³/mol. The van der Waals surface area contributed by atoms with Crippen molar-refractivity contribution < 1.29 is 0 Å². The number of hydrogen-bond acceptors (Lipinski definition) is 7.